The maximum Gasteiger partial charge on any atom is 0.405 e. The summed E-state index contributed by atoms with van der Waals surface area (Å²) in [6, 6.07) is 14.3. The van der Waals surface area contributed by atoms with Crippen LogP contribution in [0.3, 0.4) is 0 Å². The number of hydrogen-bond acceptors (Lipinski definition) is 5. The fourth-order valence-corrected chi connectivity index (χ4v) is 3.90. The summed E-state index contributed by atoms with van der Waals surface area (Å²) >= 11 is 3.40. The van der Waals surface area contributed by atoms with Crippen LogP contribution in [0.15, 0.2) is 57.2 Å². The van der Waals surface area contributed by atoms with Gasteiger partial charge in [-0.05, 0) is 36.6 Å². The molecule has 2 N–H and O–H groups in total. The van der Waals surface area contributed by atoms with E-state index in [0.717, 1.165) is 16.2 Å². The largest absolute Gasteiger partial charge is 0.493 e. The first-order valence-electron chi connectivity index (χ1n) is 7.20. The van der Waals surface area contributed by atoms with Gasteiger partial charge in [0.25, 0.3) is 0 Å². The Morgan fingerprint density at radius 1 is 1.22 bits per heavy atom. The van der Waals surface area contributed by atoms with Crippen LogP contribution < -0.4 is 10.5 Å². The Morgan fingerprint density at radius 3 is 2.78 bits per heavy atom. The van der Waals surface area contributed by atoms with Gasteiger partial charge in [0.2, 0.25) is 0 Å². The van der Waals surface area contributed by atoms with E-state index in [0.29, 0.717) is 13.0 Å². The molecule has 1 amide bonds. The quantitative estimate of drug-likeness (QED) is 0.826. The number of nitrogens with two attached hydrogens (primary N) is 1. The molecule has 1 aliphatic rings. The Balaban J connectivity index is 1.81. The lowest BCUT2D eigenvalue weighted by Crippen LogP contribution is -2.22. The van der Waals surface area contributed by atoms with Crippen molar-refractivity contribution in [3.05, 3.63) is 48.0 Å². The van der Waals surface area contributed by atoms with Crippen molar-refractivity contribution in [3.8, 4) is 5.75 Å². The van der Waals surface area contributed by atoms with Crippen molar-refractivity contribution >= 4 is 29.6 Å². The van der Waals surface area contributed by atoms with Gasteiger partial charge in [-0.1, -0.05) is 23.9 Å². The van der Waals surface area contributed by atoms with Gasteiger partial charge >= 0.3 is 6.09 Å². The van der Waals surface area contributed by atoms with Crippen molar-refractivity contribution in [1.29, 1.82) is 0 Å². The zero-order valence-corrected chi connectivity index (χ0v) is 14.3. The van der Waals surface area contributed by atoms with E-state index in [9.17, 15) is 4.79 Å². The molecule has 1 unspecified atom stereocenters. The van der Waals surface area contributed by atoms with Crippen molar-refractivity contribution < 1.29 is 14.3 Å². The molecule has 0 saturated carbocycles. The number of primary amides is 1. The standard InChI is InChI=1S/C17H17NO3S2/c1-22-11-3-2-4-12(9-11)23-13-5-6-14-15(21-17(18)19)7-8-20-16(14)10-13/h2-6,9-10,15H,7-8H2,1H3,(H2,18,19). The van der Waals surface area contributed by atoms with Gasteiger partial charge in [0.1, 0.15) is 11.9 Å². The molecular formula is C17H17NO3S2. The molecule has 0 aliphatic carbocycles. The van der Waals surface area contributed by atoms with E-state index < -0.39 is 6.09 Å². The summed E-state index contributed by atoms with van der Waals surface area (Å²) in [5, 5.41) is 0. The first kappa shape index (κ1) is 16.1. The van der Waals surface area contributed by atoms with Crippen molar-refractivity contribution in [2.45, 2.75) is 27.2 Å². The molecule has 3 rings (SSSR count). The smallest absolute Gasteiger partial charge is 0.405 e. The fraction of sp³-hybridized carbons (Fsp3) is 0.235. The highest BCUT2D eigenvalue weighted by atomic mass is 32.2. The number of carbonyl (C=O) groups excluding carboxylic acids is 1. The second-order valence-electron chi connectivity index (χ2n) is 5.04. The summed E-state index contributed by atoms with van der Waals surface area (Å²) in [7, 11) is 0. The minimum Gasteiger partial charge on any atom is -0.493 e. The molecule has 1 aliphatic heterocycles. The average Bonchev–Trinajstić information content (AvgIpc) is 2.54. The van der Waals surface area contributed by atoms with Gasteiger partial charge in [-0.2, -0.15) is 0 Å². The molecule has 23 heavy (non-hydrogen) atoms. The summed E-state index contributed by atoms with van der Waals surface area (Å²) in [6.45, 7) is 0.515. The first-order valence-corrected chi connectivity index (χ1v) is 9.24. The Hall–Kier alpha value is -1.79. The highest BCUT2D eigenvalue weighted by molar-refractivity contribution is 7.99. The van der Waals surface area contributed by atoms with Gasteiger partial charge < -0.3 is 15.2 Å². The van der Waals surface area contributed by atoms with Gasteiger partial charge in [-0.15, -0.1) is 11.8 Å². The summed E-state index contributed by atoms with van der Waals surface area (Å²) < 4.78 is 10.9. The van der Waals surface area contributed by atoms with Crippen molar-refractivity contribution in [1.82, 2.24) is 0 Å². The summed E-state index contributed by atoms with van der Waals surface area (Å²) in [5.74, 6) is 0.758. The molecule has 120 valence electrons. The lowest BCUT2D eigenvalue weighted by molar-refractivity contribution is 0.0764. The van der Waals surface area contributed by atoms with Crippen LogP contribution in [0.4, 0.5) is 4.79 Å². The molecule has 0 spiro atoms. The Morgan fingerprint density at radius 2 is 2.00 bits per heavy atom. The third kappa shape index (κ3) is 3.95. The molecule has 0 radical (unpaired) electrons. The molecule has 2 aromatic rings. The molecule has 0 bridgehead atoms. The Bertz CT molecular complexity index is 721. The highest BCUT2D eigenvalue weighted by Gasteiger charge is 2.24. The van der Waals surface area contributed by atoms with Crippen LogP contribution in [-0.4, -0.2) is 19.0 Å². The van der Waals surface area contributed by atoms with Crippen LogP contribution in [0.25, 0.3) is 0 Å². The van der Waals surface area contributed by atoms with E-state index >= 15 is 0 Å². The number of fused-ring (bicyclic) bond motifs is 1. The molecular weight excluding hydrogens is 330 g/mol. The third-order valence-electron chi connectivity index (χ3n) is 3.50. The molecule has 0 aromatic heterocycles. The van der Waals surface area contributed by atoms with Crippen LogP contribution >= 0.6 is 23.5 Å². The topological polar surface area (TPSA) is 61.6 Å². The normalized spacial score (nSPS) is 16.3. The van der Waals surface area contributed by atoms with Crippen molar-refractivity contribution in [3.63, 3.8) is 0 Å². The SMILES string of the molecule is CSc1cccc(Sc2ccc3c(c2)OCCC3OC(N)=O)c1. The van der Waals surface area contributed by atoms with E-state index in [1.807, 2.05) is 18.2 Å². The molecule has 1 heterocycles. The highest BCUT2D eigenvalue weighted by Crippen LogP contribution is 2.39. The first-order chi connectivity index (χ1) is 11.2. The van der Waals surface area contributed by atoms with Crippen molar-refractivity contribution in [2.24, 2.45) is 5.73 Å². The molecule has 6 heteroatoms. The third-order valence-corrected chi connectivity index (χ3v) is 5.21. The zero-order valence-electron chi connectivity index (χ0n) is 12.7. The number of ether oxygens (including phenoxy) is 2. The monoisotopic (exact) mass is 347 g/mol. The number of carbonyl (C=O) groups is 1. The van der Waals surface area contributed by atoms with Gasteiger partial charge in [0, 0.05) is 26.7 Å². The number of amides is 1. The van der Waals surface area contributed by atoms with E-state index in [1.54, 1.807) is 23.5 Å². The molecule has 2 aromatic carbocycles. The van der Waals surface area contributed by atoms with Gasteiger partial charge in [-0.25, -0.2) is 4.79 Å². The minimum absolute atomic E-state index is 0.324. The summed E-state index contributed by atoms with van der Waals surface area (Å²) in [5.41, 5.74) is 6.00. The van der Waals surface area contributed by atoms with E-state index in [1.165, 1.54) is 9.79 Å². The van der Waals surface area contributed by atoms with Crippen LogP contribution in [0.1, 0.15) is 18.1 Å². The lowest BCUT2D eigenvalue weighted by atomic mass is 10.0. The number of rotatable bonds is 4. The minimum atomic E-state index is -0.754. The zero-order chi connectivity index (χ0) is 16.2. The Kier molecular flexibility index (Phi) is 5.03. The van der Waals surface area contributed by atoms with Gasteiger partial charge in [-0.3, -0.25) is 0 Å². The van der Waals surface area contributed by atoms with E-state index in [-0.39, 0.29) is 6.10 Å². The molecule has 0 fully saturated rings. The molecule has 0 saturated heterocycles. The number of hydrogen-bond donors (Lipinski definition) is 1. The van der Waals surface area contributed by atoms with E-state index in [4.69, 9.17) is 15.2 Å². The predicted molar refractivity (Wildman–Crippen MR) is 92.3 cm³/mol. The van der Waals surface area contributed by atoms with Crippen molar-refractivity contribution in [2.75, 3.05) is 12.9 Å². The van der Waals surface area contributed by atoms with Crippen LogP contribution in [0.5, 0.6) is 5.75 Å². The summed E-state index contributed by atoms with van der Waals surface area (Å²) in [6.07, 6.45) is 1.61. The lowest BCUT2D eigenvalue weighted by Gasteiger charge is -2.25. The summed E-state index contributed by atoms with van der Waals surface area (Å²) in [4.78, 5) is 14.5. The van der Waals surface area contributed by atoms with Gasteiger partial charge in [0.15, 0.2) is 0 Å². The molecule has 4 nitrogen and oxygen atoms in total. The second-order valence-corrected chi connectivity index (χ2v) is 7.07. The van der Waals surface area contributed by atoms with E-state index in [2.05, 4.69) is 30.5 Å². The van der Waals surface area contributed by atoms with Gasteiger partial charge in [0.05, 0.1) is 6.61 Å². The average molecular weight is 347 g/mol. The maximum absolute atomic E-state index is 11.0. The number of thioether (sulfide) groups is 1. The fourth-order valence-electron chi connectivity index (χ4n) is 2.46. The molecule has 1 atom stereocenters. The number of benzene rings is 2. The van der Waals surface area contributed by atoms with Crippen LogP contribution in [-0.2, 0) is 4.74 Å². The predicted octanol–water partition coefficient (Wildman–Crippen LogP) is 4.48. The van der Waals surface area contributed by atoms with Crippen LogP contribution in [0.2, 0.25) is 0 Å². The Labute approximate surface area is 143 Å². The second kappa shape index (κ2) is 7.19. The van der Waals surface area contributed by atoms with Crippen LogP contribution in [0, 0.1) is 0 Å². The maximum atomic E-state index is 11.0.